The van der Waals surface area contributed by atoms with Gasteiger partial charge in [-0.3, -0.25) is 9.78 Å². The van der Waals surface area contributed by atoms with E-state index in [9.17, 15) is 9.59 Å². The first kappa shape index (κ1) is 14.8. The fourth-order valence-electron chi connectivity index (χ4n) is 3.15. The van der Waals surface area contributed by atoms with Gasteiger partial charge in [0.15, 0.2) is 0 Å². The summed E-state index contributed by atoms with van der Waals surface area (Å²) < 4.78 is 5.43. The standard InChI is InChI=1S/C16H21N3O3/c20-14(5-4-13-3-1-8-17-11-13)19-9-2-6-16(7-10-19)12-18-15(21)22-16/h1,3,8,11H,2,4-7,9-10,12H2,(H,18,21). The number of rotatable bonds is 3. The molecule has 0 radical (unpaired) electrons. The number of carbonyl (C=O) groups excluding carboxylic acids is 2. The largest absolute Gasteiger partial charge is 0.441 e. The Hall–Kier alpha value is -2.11. The summed E-state index contributed by atoms with van der Waals surface area (Å²) in [4.78, 5) is 29.6. The molecule has 1 N–H and O–H groups in total. The fourth-order valence-corrected chi connectivity index (χ4v) is 3.15. The topological polar surface area (TPSA) is 71.5 Å². The molecule has 1 spiro atoms. The number of pyridine rings is 1. The van der Waals surface area contributed by atoms with Crippen LogP contribution in [-0.2, 0) is 16.0 Å². The van der Waals surface area contributed by atoms with Crippen LogP contribution in [0.5, 0.6) is 0 Å². The number of likely N-dealkylation sites (tertiary alicyclic amines) is 1. The van der Waals surface area contributed by atoms with Crippen molar-refractivity contribution in [3.05, 3.63) is 30.1 Å². The molecule has 2 saturated heterocycles. The molecule has 1 unspecified atom stereocenters. The van der Waals surface area contributed by atoms with Crippen LogP contribution in [0.3, 0.4) is 0 Å². The van der Waals surface area contributed by atoms with Crippen molar-refractivity contribution < 1.29 is 14.3 Å². The highest BCUT2D eigenvalue weighted by molar-refractivity contribution is 5.76. The van der Waals surface area contributed by atoms with Crippen molar-refractivity contribution in [1.82, 2.24) is 15.2 Å². The molecule has 0 bridgehead atoms. The monoisotopic (exact) mass is 303 g/mol. The van der Waals surface area contributed by atoms with E-state index in [0.29, 0.717) is 32.4 Å². The highest BCUT2D eigenvalue weighted by Gasteiger charge is 2.41. The molecule has 2 amide bonds. The van der Waals surface area contributed by atoms with Gasteiger partial charge in [0.05, 0.1) is 6.54 Å². The number of hydrogen-bond donors (Lipinski definition) is 1. The van der Waals surface area contributed by atoms with Gasteiger partial charge >= 0.3 is 6.09 Å². The average Bonchev–Trinajstić information content (AvgIpc) is 2.77. The third-order valence-electron chi connectivity index (χ3n) is 4.46. The number of aryl methyl sites for hydroxylation is 1. The second kappa shape index (κ2) is 6.34. The van der Waals surface area contributed by atoms with Gasteiger partial charge in [0.25, 0.3) is 0 Å². The second-order valence-electron chi connectivity index (χ2n) is 6.02. The predicted octanol–water partition coefficient (Wildman–Crippen LogP) is 1.51. The van der Waals surface area contributed by atoms with Crippen molar-refractivity contribution in [2.75, 3.05) is 19.6 Å². The van der Waals surface area contributed by atoms with Crippen LogP contribution in [0.2, 0.25) is 0 Å². The Morgan fingerprint density at radius 3 is 3.05 bits per heavy atom. The first-order valence-electron chi connectivity index (χ1n) is 7.80. The van der Waals surface area contributed by atoms with E-state index in [1.165, 1.54) is 0 Å². The summed E-state index contributed by atoms with van der Waals surface area (Å²) in [5, 5.41) is 2.73. The minimum absolute atomic E-state index is 0.165. The zero-order chi connectivity index (χ0) is 15.4. The number of amides is 2. The van der Waals surface area contributed by atoms with Crippen LogP contribution in [0.1, 0.15) is 31.2 Å². The average molecular weight is 303 g/mol. The molecule has 2 fully saturated rings. The van der Waals surface area contributed by atoms with Gasteiger partial charge in [-0.2, -0.15) is 0 Å². The third kappa shape index (κ3) is 3.37. The molecule has 2 aliphatic rings. The van der Waals surface area contributed by atoms with Crippen LogP contribution >= 0.6 is 0 Å². The lowest BCUT2D eigenvalue weighted by atomic mass is 9.95. The summed E-state index contributed by atoms with van der Waals surface area (Å²) in [6.45, 7) is 1.95. The molecular formula is C16H21N3O3. The molecule has 0 aliphatic carbocycles. The van der Waals surface area contributed by atoms with Gasteiger partial charge in [-0.05, 0) is 30.9 Å². The Bertz CT molecular complexity index is 549. The number of hydrogen-bond acceptors (Lipinski definition) is 4. The summed E-state index contributed by atoms with van der Waals surface area (Å²) in [7, 11) is 0. The minimum Gasteiger partial charge on any atom is -0.441 e. The van der Waals surface area contributed by atoms with Crippen molar-refractivity contribution in [3.8, 4) is 0 Å². The van der Waals surface area contributed by atoms with Gasteiger partial charge in [0, 0.05) is 38.3 Å². The molecule has 22 heavy (non-hydrogen) atoms. The summed E-state index contributed by atoms with van der Waals surface area (Å²) in [5.74, 6) is 0.165. The normalized spacial score (nSPS) is 24.7. The van der Waals surface area contributed by atoms with Gasteiger partial charge in [-0.25, -0.2) is 4.79 Å². The Morgan fingerprint density at radius 2 is 2.32 bits per heavy atom. The van der Waals surface area contributed by atoms with Crippen molar-refractivity contribution in [3.63, 3.8) is 0 Å². The zero-order valence-corrected chi connectivity index (χ0v) is 12.6. The second-order valence-corrected chi connectivity index (χ2v) is 6.02. The maximum atomic E-state index is 12.4. The Balaban J connectivity index is 1.52. The van der Waals surface area contributed by atoms with Crippen molar-refractivity contribution in [1.29, 1.82) is 0 Å². The molecule has 6 nitrogen and oxygen atoms in total. The maximum Gasteiger partial charge on any atom is 0.407 e. The van der Waals surface area contributed by atoms with Gasteiger partial charge in [0.2, 0.25) is 5.91 Å². The quantitative estimate of drug-likeness (QED) is 0.918. The predicted molar refractivity (Wildman–Crippen MR) is 80.2 cm³/mol. The highest BCUT2D eigenvalue weighted by Crippen LogP contribution is 2.29. The molecule has 1 aromatic rings. The van der Waals surface area contributed by atoms with Crippen molar-refractivity contribution in [2.45, 2.75) is 37.7 Å². The van der Waals surface area contributed by atoms with Crippen LogP contribution in [0.15, 0.2) is 24.5 Å². The van der Waals surface area contributed by atoms with Crippen LogP contribution < -0.4 is 5.32 Å². The first-order valence-corrected chi connectivity index (χ1v) is 7.80. The van der Waals surface area contributed by atoms with E-state index < -0.39 is 5.60 Å². The lowest BCUT2D eigenvalue weighted by molar-refractivity contribution is -0.131. The van der Waals surface area contributed by atoms with Crippen LogP contribution in [0, 0.1) is 0 Å². The van der Waals surface area contributed by atoms with E-state index in [4.69, 9.17) is 4.74 Å². The number of aromatic nitrogens is 1. The summed E-state index contributed by atoms with van der Waals surface area (Å²) in [6.07, 6.45) is 6.80. The van der Waals surface area contributed by atoms with E-state index in [2.05, 4.69) is 10.3 Å². The van der Waals surface area contributed by atoms with E-state index in [1.54, 1.807) is 12.4 Å². The number of alkyl carbamates (subject to hydrolysis) is 1. The molecule has 2 aliphatic heterocycles. The lowest BCUT2D eigenvalue weighted by Gasteiger charge is -2.25. The zero-order valence-electron chi connectivity index (χ0n) is 12.6. The van der Waals surface area contributed by atoms with E-state index in [-0.39, 0.29) is 12.0 Å². The smallest absolute Gasteiger partial charge is 0.407 e. The molecule has 118 valence electrons. The highest BCUT2D eigenvalue weighted by atomic mass is 16.6. The maximum absolute atomic E-state index is 12.4. The molecule has 3 rings (SSSR count). The van der Waals surface area contributed by atoms with Crippen LogP contribution in [0.4, 0.5) is 4.79 Å². The van der Waals surface area contributed by atoms with Gasteiger partial charge in [0.1, 0.15) is 5.60 Å². The van der Waals surface area contributed by atoms with Gasteiger partial charge in [-0.15, -0.1) is 0 Å². The van der Waals surface area contributed by atoms with Crippen LogP contribution in [-0.4, -0.2) is 47.1 Å². The lowest BCUT2D eigenvalue weighted by Crippen LogP contribution is -2.36. The van der Waals surface area contributed by atoms with Gasteiger partial charge in [-0.1, -0.05) is 6.07 Å². The summed E-state index contributed by atoms with van der Waals surface area (Å²) in [5.41, 5.74) is 0.672. The number of nitrogens with one attached hydrogen (secondary N) is 1. The molecule has 0 aromatic carbocycles. The van der Waals surface area contributed by atoms with Crippen molar-refractivity contribution >= 4 is 12.0 Å². The molecular weight excluding hydrogens is 282 g/mol. The molecule has 1 aromatic heterocycles. The van der Waals surface area contributed by atoms with E-state index >= 15 is 0 Å². The summed E-state index contributed by atoms with van der Waals surface area (Å²) >= 11 is 0. The molecule has 3 heterocycles. The molecule has 1 atom stereocenters. The fraction of sp³-hybridized carbons (Fsp3) is 0.562. The molecule has 0 saturated carbocycles. The van der Waals surface area contributed by atoms with E-state index in [1.807, 2.05) is 17.0 Å². The summed E-state index contributed by atoms with van der Waals surface area (Å²) in [6, 6.07) is 3.87. The Labute approximate surface area is 129 Å². The molecule has 6 heteroatoms. The number of carbonyl (C=O) groups is 2. The number of nitrogens with zero attached hydrogens (tertiary/aromatic N) is 2. The van der Waals surface area contributed by atoms with Crippen LogP contribution in [0.25, 0.3) is 0 Å². The first-order chi connectivity index (χ1) is 10.7. The van der Waals surface area contributed by atoms with Crippen molar-refractivity contribution in [2.24, 2.45) is 0 Å². The third-order valence-corrected chi connectivity index (χ3v) is 4.46. The number of ether oxygens (including phenoxy) is 1. The Morgan fingerprint density at radius 1 is 1.41 bits per heavy atom. The minimum atomic E-state index is -0.407. The SMILES string of the molecule is O=C1NCC2(CCCN(C(=O)CCc3cccnc3)CC2)O1. The van der Waals surface area contributed by atoms with Gasteiger partial charge < -0.3 is 15.0 Å². The Kier molecular flexibility index (Phi) is 4.27. The van der Waals surface area contributed by atoms with E-state index in [0.717, 1.165) is 24.9 Å².